The molecule has 2 aromatic rings. The molecule has 1 aromatic heterocycles. The van der Waals surface area contributed by atoms with Crippen molar-refractivity contribution in [2.45, 2.75) is 6.54 Å². The molecule has 0 saturated carbocycles. The molecule has 0 aliphatic heterocycles. The first-order chi connectivity index (χ1) is 9.60. The van der Waals surface area contributed by atoms with E-state index in [1.54, 1.807) is 17.0 Å². The molecule has 0 aliphatic carbocycles. The number of aromatic nitrogens is 1. The Hall–Kier alpha value is -2.47. The van der Waals surface area contributed by atoms with Crippen LogP contribution in [-0.2, 0) is 11.3 Å². The lowest BCUT2D eigenvalue weighted by Crippen LogP contribution is -3.00. The number of nitrogen functional groups attached to an aromatic ring is 1. The highest BCUT2D eigenvalue weighted by atomic mass is 35.5. The maximum atomic E-state index is 11.9. The lowest BCUT2D eigenvalue weighted by molar-refractivity contribution is -0.684. The quantitative estimate of drug-likeness (QED) is 0.343. The highest BCUT2D eigenvalue weighted by Crippen LogP contribution is 2.33. The van der Waals surface area contributed by atoms with E-state index >= 15 is 0 Å². The van der Waals surface area contributed by atoms with Crippen LogP contribution in [0, 0.1) is 0 Å². The van der Waals surface area contributed by atoms with Gasteiger partial charge in [-0.2, -0.15) is 4.57 Å². The van der Waals surface area contributed by atoms with E-state index in [-0.39, 0.29) is 36.3 Å². The number of ether oxygens (including phenoxy) is 1. The van der Waals surface area contributed by atoms with Gasteiger partial charge in [-0.3, -0.25) is 4.79 Å². The fraction of sp³-hybridized carbons (Fsp3) is 0.143. The highest BCUT2D eigenvalue weighted by Gasteiger charge is 2.13. The van der Waals surface area contributed by atoms with Crippen LogP contribution >= 0.6 is 0 Å². The molecule has 4 N–H and O–H groups in total. The Kier molecular flexibility index (Phi) is 5.80. The topological polar surface area (TPSA) is 88.5 Å². The molecule has 1 heterocycles. The van der Waals surface area contributed by atoms with Crippen LogP contribution in [0.2, 0.25) is 0 Å². The minimum atomic E-state index is -0.261. The number of aromatic hydroxyl groups is 1. The molecule has 0 aliphatic rings. The Bertz CT molecular complexity index is 620. The van der Waals surface area contributed by atoms with Crippen molar-refractivity contribution in [3.63, 3.8) is 0 Å². The van der Waals surface area contributed by atoms with Gasteiger partial charge in [0.25, 0.3) is 5.91 Å². The average molecular weight is 310 g/mol. The van der Waals surface area contributed by atoms with Gasteiger partial charge in [0.15, 0.2) is 12.4 Å². The first kappa shape index (κ1) is 16.6. The number of amides is 1. The molecule has 2 rings (SSSR count). The number of carbonyl (C=O) groups is 1. The van der Waals surface area contributed by atoms with Crippen LogP contribution in [0.5, 0.6) is 11.5 Å². The number of hydrogen-bond acceptors (Lipinski definition) is 4. The fourth-order valence-corrected chi connectivity index (χ4v) is 1.76. The van der Waals surface area contributed by atoms with Crippen LogP contribution in [0.1, 0.15) is 0 Å². The van der Waals surface area contributed by atoms with Crippen molar-refractivity contribution in [3.05, 3.63) is 42.7 Å². The Morgan fingerprint density at radius 3 is 2.62 bits per heavy atom. The van der Waals surface area contributed by atoms with Crippen LogP contribution in [0.4, 0.5) is 11.4 Å². The maximum absolute atomic E-state index is 11.9. The minimum Gasteiger partial charge on any atom is -1.00 e. The van der Waals surface area contributed by atoms with E-state index in [1.165, 1.54) is 19.2 Å². The zero-order valence-corrected chi connectivity index (χ0v) is 12.2. The Labute approximate surface area is 128 Å². The van der Waals surface area contributed by atoms with Crippen LogP contribution in [-0.4, -0.2) is 18.1 Å². The molecule has 0 unspecified atom stereocenters. The van der Waals surface area contributed by atoms with Gasteiger partial charge in [-0.05, 0) is 0 Å². The highest BCUT2D eigenvalue weighted by molar-refractivity contribution is 5.92. The zero-order chi connectivity index (χ0) is 14.5. The van der Waals surface area contributed by atoms with E-state index in [1.807, 2.05) is 18.2 Å². The summed E-state index contributed by atoms with van der Waals surface area (Å²) in [5.41, 5.74) is 6.22. The third kappa shape index (κ3) is 4.25. The normalized spacial score (nSPS) is 9.57. The third-order valence-corrected chi connectivity index (χ3v) is 2.73. The number of hydrogen-bond donors (Lipinski definition) is 3. The summed E-state index contributed by atoms with van der Waals surface area (Å²) in [6, 6.07) is 8.35. The summed E-state index contributed by atoms with van der Waals surface area (Å²) in [6.07, 6.45) is 3.56. The van der Waals surface area contributed by atoms with Crippen molar-refractivity contribution >= 4 is 17.3 Å². The van der Waals surface area contributed by atoms with Gasteiger partial charge in [0.1, 0.15) is 11.5 Å². The van der Waals surface area contributed by atoms with Gasteiger partial charge >= 0.3 is 0 Å². The summed E-state index contributed by atoms with van der Waals surface area (Å²) in [5.74, 6) is 0.0310. The molecule has 0 bridgehead atoms. The molecule has 0 atom stereocenters. The Morgan fingerprint density at radius 2 is 2.00 bits per heavy atom. The lowest BCUT2D eigenvalue weighted by Gasteiger charge is -2.10. The predicted molar refractivity (Wildman–Crippen MR) is 74.3 cm³/mol. The predicted octanol–water partition coefficient (Wildman–Crippen LogP) is -2.09. The molecule has 1 amide bonds. The van der Waals surface area contributed by atoms with E-state index < -0.39 is 0 Å². The molecule has 7 heteroatoms. The molecule has 0 fully saturated rings. The first-order valence-corrected chi connectivity index (χ1v) is 6.00. The lowest BCUT2D eigenvalue weighted by atomic mass is 10.2. The van der Waals surface area contributed by atoms with Crippen LogP contribution in [0.25, 0.3) is 0 Å². The van der Waals surface area contributed by atoms with E-state index in [4.69, 9.17) is 10.5 Å². The molecule has 6 nitrogen and oxygen atoms in total. The largest absolute Gasteiger partial charge is 1.00 e. The Balaban J connectivity index is 0.00000220. The summed E-state index contributed by atoms with van der Waals surface area (Å²) < 4.78 is 6.77. The van der Waals surface area contributed by atoms with Gasteiger partial charge < -0.3 is 33.3 Å². The van der Waals surface area contributed by atoms with Crippen molar-refractivity contribution in [2.24, 2.45) is 0 Å². The van der Waals surface area contributed by atoms with Crippen LogP contribution in [0.15, 0.2) is 42.7 Å². The van der Waals surface area contributed by atoms with Gasteiger partial charge in [0.05, 0.1) is 18.5 Å². The molecule has 0 radical (unpaired) electrons. The summed E-state index contributed by atoms with van der Waals surface area (Å²) in [7, 11) is 1.47. The SMILES string of the molecule is COc1cc(NC(=O)C[n+]2ccccc2)c(O)cc1N.[Cl-]. The van der Waals surface area contributed by atoms with E-state index in [0.717, 1.165) is 0 Å². The summed E-state index contributed by atoms with van der Waals surface area (Å²) in [4.78, 5) is 11.9. The number of nitrogens with two attached hydrogens (primary N) is 1. The number of nitrogens with zero attached hydrogens (tertiary/aromatic N) is 1. The summed E-state index contributed by atoms with van der Waals surface area (Å²) >= 11 is 0. The number of phenols is 1. The van der Waals surface area contributed by atoms with E-state index in [2.05, 4.69) is 5.32 Å². The third-order valence-electron chi connectivity index (χ3n) is 2.73. The van der Waals surface area contributed by atoms with E-state index in [0.29, 0.717) is 11.4 Å². The fourth-order valence-electron chi connectivity index (χ4n) is 1.76. The zero-order valence-electron chi connectivity index (χ0n) is 11.4. The number of benzene rings is 1. The smallest absolute Gasteiger partial charge is 0.290 e. The van der Waals surface area contributed by atoms with Crippen molar-refractivity contribution in [1.82, 2.24) is 0 Å². The molecular formula is C14H16ClN3O3. The van der Waals surface area contributed by atoms with Gasteiger partial charge in [-0.15, -0.1) is 0 Å². The average Bonchev–Trinajstić information content (AvgIpc) is 2.43. The second-order valence-electron chi connectivity index (χ2n) is 4.21. The van der Waals surface area contributed by atoms with Gasteiger partial charge in [-0.25, -0.2) is 0 Å². The number of anilines is 2. The molecule has 0 spiro atoms. The number of halogens is 1. The van der Waals surface area contributed by atoms with Gasteiger partial charge in [0.2, 0.25) is 6.54 Å². The number of phenolic OH excluding ortho intramolecular Hbond substituents is 1. The van der Waals surface area contributed by atoms with Gasteiger partial charge in [0, 0.05) is 24.3 Å². The summed E-state index contributed by atoms with van der Waals surface area (Å²) in [5, 5.41) is 12.4. The van der Waals surface area contributed by atoms with Crippen molar-refractivity contribution in [3.8, 4) is 11.5 Å². The van der Waals surface area contributed by atoms with Crippen molar-refractivity contribution in [1.29, 1.82) is 0 Å². The van der Waals surface area contributed by atoms with Crippen molar-refractivity contribution in [2.75, 3.05) is 18.2 Å². The molecule has 112 valence electrons. The monoisotopic (exact) mass is 309 g/mol. The van der Waals surface area contributed by atoms with Crippen LogP contribution in [0.3, 0.4) is 0 Å². The summed E-state index contributed by atoms with van der Waals surface area (Å²) in [6.45, 7) is 0.146. The minimum absolute atomic E-state index is 0. The number of methoxy groups -OCH3 is 1. The van der Waals surface area contributed by atoms with Crippen LogP contribution < -0.4 is 32.8 Å². The standard InChI is InChI=1S/C14H15N3O3.ClH/c1-20-13-8-11(12(18)7-10(13)15)16-14(19)9-17-5-3-2-4-6-17;/h2-8H,9,15H2,1H3,(H-,16,18,19);1H. The second-order valence-corrected chi connectivity index (χ2v) is 4.21. The molecule has 0 saturated heterocycles. The number of pyridine rings is 1. The van der Waals surface area contributed by atoms with Crippen molar-refractivity contribution < 1.29 is 31.6 Å². The second kappa shape index (κ2) is 7.35. The van der Waals surface area contributed by atoms with E-state index in [9.17, 15) is 9.90 Å². The maximum Gasteiger partial charge on any atom is 0.290 e. The molecule has 21 heavy (non-hydrogen) atoms. The van der Waals surface area contributed by atoms with Gasteiger partial charge in [-0.1, -0.05) is 6.07 Å². The first-order valence-electron chi connectivity index (χ1n) is 6.00. The number of carbonyl (C=O) groups excluding carboxylic acids is 1. The molecular weight excluding hydrogens is 294 g/mol. The molecule has 1 aromatic carbocycles. The number of nitrogens with one attached hydrogen (secondary N) is 1. The number of rotatable bonds is 4. The Morgan fingerprint density at radius 1 is 1.33 bits per heavy atom.